The van der Waals surface area contributed by atoms with E-state index in [1.54, 1.807) is 0 Å². The van der Waals surface area contributed by atoms with Crippen molar-refractivity contribution in [1.29, 1.82) is 0 Å². The van der Waals surface area contributed by atoms with E-state index in [9.17, 15) is 0 Å². The van der Waals surface area contributed by atoms with E-state index < -0.39 is 0 Å². The van der Waals surface area contributed by atoms with E-state index in [0.717, 1.165) is 11.5 Å². The van der Waals surface area contributed by atoms with Gasteiger partial charge in [-0.25, -0.2) is 0 Å². The van der Waals surface area contributed by atoms with Gasteiger partial charge in [0.15, 0.2) is 0 Å². The third kappa shape index (κ3) is 1.33. The molecule has 72 valence electrons. The Morgan fingerprint density at radius 1 is 1.14 bits per heavy atom. The molecule has 0 unspecified atom stereocenters. The second-order valence-electron chi connectivity index (χ2n) is 3.27. The van der Waals surface area contributed by atoms with Crippen LogP contribution in [0.5, 0.6) is 0 Å². The fourth-order valence-electron chi connectivity index (χ4n) is 1.51. The van der Waals surface area contributed by atoms with E-state index in [0.29, 0.717) is 14.5 Å². The SMILES string of the molecule is Cc1cc2c(o1)-c1[se]c(C)cc1SS2. The van der Waals surface area contributed by atoms with Gasteiger partial charge in [-0.15, -0.1) is 0 Å². The molecule has 0 aromatic carbocycles. The number of rotatable bonds is 0. The molecule has 0 aliphatic carbocycles. The standard InChI is InChI=1S/C10H8OS2Se/c1-5-3-7-9(11-5)10-8(13-12-7)4-6(2)14-10/h3-4H,1-2H3. The van der Waals surface area contributed by atoms with Gasteiger partial charge >= 0.3 is 96.7 Å². The Kier molecular flexibility index (Phi) is 2.13. The van der Waals surface area contributed by atoms with Crippen molar-refractivity contribution in [2.45, 2.75) is 23.6 Å². The first-order valence-corrected chi connectivity index (χ1v) is 8.16. The molecule has 0 saturated heterocycles. The molecular weight excluding hydrogens is 279 g/mol. The molecule has 0 radical (unpaired) electrons. The van der Waals surface area contributed by atoms with Crippen molar-refractivity contribution in [3.63, 3.8) is 0 Å². The van der Waals surface area contributed by atoms with Gasteiger partial charge in [-0.2, -0.15) is 0 Å². The van der Waals surface area contributed by atoms with Gasteiger partial charge in [0.25, 0.3) is 0 Å². The summed E-state index contributed by atoms with van der Waals surface area (Å²) < 4.78 is 8.70. The fourth-order valence-corrected chi connectivity index (χ4v) is 6.87. The molecule has 0 bridgehead atoms. The summed E-state index contributed by atoms with van der Waals surface area (Å²) in [5.41, 5.74) is 0. The van der Waals surface area contributed by atoms with Crippen LogP contribution in [-0.2, 0) is 0 Å². The molecular formula is C10H8OS2Se. The summed E-state index contributed by atoms with van der Waals surface area (Å²) in [6.07, 6.45) is 0. The molecule has 3 rings (SSSR count). The Morgan fingerprint density at radius 3 is 2.79 bits per heavy atom. The molecule has 0 amide bonds. The van der Waals surface area contributed by atoms with Crippen LogP contribution in [0.1, 0.15) is 10.2 Å². The van der Waals surface area contributed by atoms with Crippen molar-refractivity contribution in [3.8, 4) is 10.2 Å². The number of furan rings is 1. The zero-order chi connectivity index (χ0) is 9.71. The summed E-state index contributed by atoms with van der Waals surface area (Å²) in [5.74, 6) is 2.16. The second-order valence-corrected chi connectivity index (χ2v) is 8.12. The summed E-state index contributed by atoms with van der Waals surface area (Å²) >= 11 is 0.488. The molecule has 0 N–H and O–H groups in total. The first kappa shape index (κ1) is 9.22. The van der Waals surface area contributed by atoms with Crippen LogP contribution in [0, 0.1) is 13.8 Å². The van der Waals surface area contributed by atoms with E-state index in [4.69, 9.17) is 4.42 Å². The number of fused-ring (bicyclic) bond motifs is 3. The van der Waals surface area contributed by atoms with Crippen LogP contribution in [0.15, 0.2) is 26.3 Å². The number of aryl methyl sites for hydroxylation is 2. The molecule has 4 heteroatoms. The third-order valence-corrected chi connectivity index (χ3v) is 6.96. The Bertz CT molecular complexity index is 452. The van der Waals surface area contributed by atoms with Crippen LogP contribution in [0.2, 0.25) is 0 Å². The molecule has 2 aromatic rings. The first-order valence-electron chi connectivity index (χ1n) is 4.30. The van der Waals surface area contributed by atoms with Crippen molar-refractivity contribution in [2.75, 3.05) is 0 Å². The predicted octanol–water partition coefficient (Wildman–Crippen LogP) is 3.73. The first-order chi connectivity index (χ1) is 6.74. The van der Waals surface area contributed by atoms with Gasteiger partial charge in [0.2, 0.25) is 0 Å². The van der Waals surface area contributed by atoms with Gasteiger partial charge in [-0.3, -0.25) is 0 Å². The maximum absolute atomic E-state index is 5.76. The summed E-state index contributed by atoms with van der Waals surface area (Å²) in [5, 5.41) is 0. The second kappa shape index (κ2) is 3.24. The average Bonchev–Trinajstić information content (AvgIpc) is 2.65. The minimum atomic E-state index is 0.488. The van der Waals surface area contributed by atoms with Crippen LogP contribution < -0.4 is 0 Å². The predicted molar refractivity (Wildman–Crippen MR) is 62.3 cm³/mol. The molecule has 3 heterocycles. The van der Waals surface area contributed by atoms with Crippen molar-refractivity contribution in [2.24, 2.45) is 0 Å². The minimum absolute atomic E-state index is 0.488. The quantitative estimate of drug-likeness (QED) is 0.541. The molecule has 0 atom stereocenters. The van der Waals surface area contributed by atoms with Gasteiger partial charge in [-0.1, -0.05) is 0 Å². The Balaban J connectivity index is 2.27. The van der Waals surface area contributed by atoms with Gasteiger partial charge in [0.1, 0.15) is 0 Å². The monoisotopic (exact) mass is 288 g/mol. The maximum atomic E-state index is 5.76. The normalized spacial score (nSPS) is 13.9. The molecule has 1 aliphatic rings. The molecule has 1 aliphatic heterocycles. The number of hydrogen-bond donors (Lipinski definition) is 0. The molecule has 0 fully saturated rings. The topological polar surface area (TPSA) is 13.1 Å². The Hall–Kier alpha value is -0.0205. The van der Waals surface area contributed by atoms with E-state index in [1.165, 1.54) is 18.7 Å². The third-order valence-electron chi connectivity index (χ3n) is 2.07. The summed E-state index contributed by atoms with van der Waals surface area (Å²) in [7, 11) is 3.69. The van der Waals surface area contributed by atoms with Crippen LogP contribution in [0.25, 0.3) is 10.2 Å². The Morgan fingerprint density at radius 2 is 1.93 bits per heavy atom. The van der Waals surface area contributed by atoms with Crippen molar-refractivity contribution >= 4 is 36.1 Å². The summed E-state index contributed by atoms with van der Waals surface area (Å²) in [6.45, 7) is 4.23. The van der Waals surface area contributed by atoms with Crippen LogP contribution in [0.4, 0.5) is 0 Å². The van der Waals surface area contributed by atoms with Gasteiger partial charge in [0.05, 0.1) is 0 Å². The molecule has 1 nitrogen and oxygen atoms in total. The van der Waals surface area contributed by atoms with Gasteiger partial charge in [0, 0.05) is 0 Å². The molecule has 0 saturated carbocycles. The van der Waals surface area contributed by atoms with E-state index in [1.807, 2.05) is 28.5 Å². The zero-order valence-corrected chi connectivity index (χ0v) is 11.1. The molecule has 14 heavy (non-hydrogen) atoms. The van der Waals surface area contributed by atoms with Gasteiger partial charge < -0.3 is 0 Å². The van der Waals surface area contributed by atoms with E-state index >= 15 is 0 Å². The number of hydrogen-bond acceptors (Lipinski definition) is 3. The average molecular weight is 287 g/mol. The van der Waals surface area contributed by atoms with Crippen molar-refractivity contribution in [3.05, 3.63) is 22.3 Å². The Labute approximate surface area is 96.4 Å². The summed E-state index contributed by atoms with van der Waals surface area (Å²) in [6, 6.07) is 4.44. The molecule has 0 spiro atoms. The van der Waals surface area contributed by atoms with E-state index in [-0.39, 0.29) is 0 Å². The van der Waals surface area contributed by atoms with Crippen LogP contribution >= 0.6 is 21.6 Å². The van der Waals surface area contributed by atoms with Crippen LogP contribution in [-0.4, -0.2) is 14.5 Å². The zero-order valence-electron chi connectivity index (χ0n) is 7.79. The van der Waals surface area contributed by atoms with Crippen LogP contribution in [0.3, 0.4) is 0 Å². The van der Waals surface area contributed by atoms with Gasteiger partial charge in [-0.05, 0) is 0 Å². The molecule has 2 aromatic heterocycles. The van der Waals surface area contributed by atoms with E-state index in [2.05, 4.69) is 19.1 Å². The van der Waals surface area contributed by atoms with Crippen molar-refractivity contribution < 1.29 is 4.42 Å². The fraction of sp³-hybridized carbons (Fsp3) is 0.200. The summed E-state index contributed by atoms with van der Waals surface area (Å²) in [4.78, 5) is 2.71. The van der Waals surface area contributed by atoms with Crippen molar-refractivity contribution in [1.82, 2.24) is 0 Å².